The number of hydrogen-bond donors (Lipinski definition) is 1. The van der Waals surface area contributed by atoms with Gasteiger partial charge in [0.2, 0.25) is 5.91 Å². The van der Waals surface area contributed by atoms with Crippen LogP contribution in [0.1, 0.15) is 5.56 Å². The highest BCUT2D eigenvalue weighted by Gasteiger charge is 2.36. The van der Waals surface area contributed by atoms with Gasteiger partial charge in [-0.3, -0.25) is 19.3 Å². The summed E-state index contributed by atoms with van der Waals surface area (Å²) in [7, 11) is 1.46. The Balaban J connectivity index is 1.71. The number of nitrogens with zero attached hydrogens (tertiary/aromatic N) is 2. The Labute approximate surface area is 177 Å². The number of amides is 3. The maximum Gasteiger partial charge on any atom is 0.294 e. The molecule has 1 saturated heterocycles. The van der Waals surface area contributed by atoms with Crippen molar-refractivity contribution in [3.05, 3.63) is 59.0 Å². The molecule has 1 aliphatic rings. The van der Waals surface area contributed by atoms with Crippen LogP contribution < -0.4 is 14.8 Å². The molecule has 0 unspecified atom stereocenters. The molecule has 2 aromatic rings. The first-order valence-electron chi connectivity index (χ1n) is 8.80. The molecule has 30 heavy (non-hydrogen) atoms. The highest BCUT2D eigenvalue weighted by molar-refractivity contribution is 8.18. The standard InChI is InChI=1S/C21H17N3O5S/c1-28-17-11-14(7-8-16(17)29-10-9-22)12-18-20(26)24(21(27)30-18)13-19(25)23-15-5-3-2-4-6-15/h2-8,11-12H,10,13H2,1H3,(H,23,25)/b18-12-. The Morgan fingerprint density at radius 2 is 1.97 bits per heavy atom. The normalized spacial score (nSPS) is 14.5. The minimum atomic E-state index is -0.544. The zero-order valence-electron chi connectivity index (χ0n) is 16.0. The third kappa shape index (κ3) is 4.98. The summed E-state index contributed by atoms with van der Waals surface area (Å²) in [6, 6.07) is 15.6. The molecule has 0 aromatic heterocycles. The second kappa shape index (κ2) is 9.62. The molecule has 152 valence electrons. The van der Waals surface area contributed by atoms with Crippen molar-refractivity contribution in [2.45, 2.75) is 0 Å². The summed E-state index contributed by atoms with van der Waals surface area (Å²) in [6.07, 6.45) is 1.54. The Kier molecular flexibility index (Phi) is 6.72. The Hall–Kier alpha value is -3.77. The van der Waals surface area contributed by atoms with Crippen molar-refractivity contribution < 1.29 is 23.9 Å². The fourth-order valence-electron chi connectivity index (χ4n) is 2.66. The number of nitriles is 1. The quantitative estimate of drug-likeness (QED) is 0.681. The van der Waals surface area contributed by atoms with Gasteiger partial charge in [0, 0.05) is 5.69 Å². The van der Waals surface area contributed by atoms with Gasteiger partial charge in [-0.1, -0.05) is 24.3 Å². The SMILES string of the molecule is COc1cc(/C=C2\SC(=O)N(CC(=O)Nc3ccccc3)C2=O)ccc1OCC#N. The van der Waals surface area contributed by atoms with E-state index < -0.39 is 17.1 Å². The summed E-state index contributed by atoms with van der Waals surface area (Å²) in [5, 5.41) is 10.8. The van der Waals surface area contributed by atoms with Crippen LogP contribution in [0, 0.1) is 11.3 Å². The lowest BCUT2D eigenvalue weighted by atomic mass is 10.2. The van der Waals surface area contributed by atoms with Gasteiger partial charge in [0.05, 0.1) is 12.0 Å². The van der Waals surface area contributed by atoms with Gasteiger partial charge in [0.25, 0.3) is 11.1 Å². The zero-order chi connectivity index (χ0) is 21.5. The Bertz CT molecular complexity index is 1050. The molecule has 1 aliphatic heterocycles. The van der Waals surface area contributed by atoms with Crippen LogP contribution in [0.5, 0.6) is 11.5 Å². The second-order valence-corrected chi connectivity index (χ2v) is 7.03. The molecule has 3 amide bonds. The van der Waals surface area contributed by atoms with Gasteiger partial charge in [-0.2, -0.15) is 5.26 Å². The van der Waals surface area contributed by atoms with Crippen molar-refractivity contribution in [2.24, 2.45) is 0 Å². The van der Waals surface area contributed by atoms with Crippen molar-refractivity contribution >= 4 is 40.6 Å². The molecule has 9 heteroatoms. The Morgan fingerprint density at radius 3 is 2.67 bits per heavy atom. The minimum absolute atomic E-state index is 0.125. The van der Waals surface area contributed by atoms with Crippen molar-refractivity contribution in [3.63, 3.8) is 0 Å². The average Bonchev–Trinajstić information content (AvgIpc) is 3.00. The number of para-hydroxylation sites is 1. The molecule has 8 nitrogen and oxygen atoms in total. The number of ether oxygens (including phenoxy) is 2. The summed E-state index contributed by atoms with van der Waals surface area (Å²) in [6.45, 7) is -0.499. The molecule has 1 N–H and O–H groups in total. The molecule has 3 rings (SSSR count). The summed E-state index contributed by atoms with van der Waals surface area (Å²) < 4.78 is 10.5. The van der Waals surface area contributed by atoms with Crippen molar-refractivity contribution in [3.8, 4) is 17.6 Å². The van der Waals surface area contributed by atoms with Crippen LogP contribution in [0.25, 0.3) is 6.08 Å². The Morgan fingerprint density at radius 1 is 1.20 bits per heavy atom. The van der Waals surface area contributed by atoms with Gasteiger partial charge < -0.3 is 14.8 Å². The van der Waals surface area contributed by atoms with Crippen LogP contribution in [0.3, 0.4) is 0 Å². The number of hydrogen-bond acceptors (Lipinski definition) is 7. The van der Waals surface area contributed by atoms with Gasteiger partial charge >= 0.3 is 0 Å². The van der Waals surface area contributed by atoms with Crippen LogP contribution in [0.4, 0.5) is 10.5 Å². The third-order valence-corrected chi connectivity index (χ3v) is 4.92. The van der Waals surface area contributed by atoms with Crippen molar-refractivity contribution in [1.29, 1.82) is 5.26 Å². The van der Waals surface area contributed by atoms with E-state index in [4.69, 9.17) is 14.7 Å². The van der Waals surface area contributed by atoms with Gasteiger partial charge in [0.15, 0.2) is 18.1 Å². The second-order valence-electron chi connectivity index (χ2n) is 6.04. The van der Waals surface area contributed by atoms with Crippen LogP contribution in [-0.4, -0.2) is 42.2 Å². The monoisotopic (exact) mass is 423 g/mol. The molecule has 2 aromatic carbocycles. The third-order valence-electron chi connectivity index (χ3n) is 4.01. The predicted molar refractivity (Wildman–Crippen MR) is 112 cm³/mol. The van der Waals surface area contributed by atoms with Crippen LogP contribution in [-0.2, 0) is 9.59 Å². The molecular weight excluding hydrogens is 406 g/mol. The molecule has 0 aliphatic carbocycles. The average molecular weight is 423 g/mol. The lowest BCUT2D eigenvalue weighted by molar-refractivity contribution is -0.127. The highest BCUT2D eigenvalue weighted by atomic mass is 32.2. The number of carbonyl (C=O) groups is 3. The number of rotatable bonds is 7. The van der Waals surface area contributed by atoms with Gasteiger partial charge in [-0.25, -0.2) is 0 Å². The molecule has 1 heterocycles. The molecular formula is C21H17N3O5S. The van der Waals surface area contributed by atoms with Crippen molar-refractivity contribution in [2.75, 3.05) is 25.6 Å². The number of methoxy groups -OCH3 is 1. The maximum atomic E-state index is 12.6. The number of carbonyl (C=O) groups excluding carboxylic acids is 3. The summed E-state index contributed by atoms with van der Waals surface area (Å²) in [4.78, 5) is 38.1. The number of benzene rings is 2. The first-order valence-corrected chi connectivity index (χ1v) is 9.61. The molecule has 0 saturated carbocycles. The van der Waals surface area contributed by atoms with Gasteiger partial charge in [0.1, 0.15) is 12.6 Å². The van der Waals surface area contributed by atoms with Gasteiger partial charge in [-0.15, -0.1) is 0 Å². The predicted octanol–water partition coefficient (Wildman–Crippen LogP) is 3.27. The maximum absolute atomic E-state index is 12.6. The largest absolute Gasteiger partial charge is 0.493 e. The number of anilines is 1. The first kappa shape index (κ1) is 21.0. The van der Waals surface area contributed by atoms with E-state index in [1.807, 2.05) is 12.1 Å². The van der Waals surface area contributed by atoms with E-state index in [-0.39, 0.29) is 18.1 Å². The lowest BCUT2D eigenvalue weighted by Crippen LogP contribution is -2.36. The summed E-state index contributed by atoms with van der Waals surface area (Å²) in [5.41, 5.74) is 1.19. The molecule has 0 atom stereocenters. The number of imide groups is 1. The van der Waals surface area contributed by atoms with Crippen LogP contribution >= 0.6 is 11.8 Å². The van der Waals surface area contributed by atoms with Crippen LogP contribution in [0.2, 0.25) is 0 Å². The highest BCUT2D eigenvalue weighted by Crippen LogP contribution is 2.34. The zero-order valence-corrected chi connectivity index (χ0v) is 16.8. The molecule has 0 bridgehead atoms. The van der Waals surface area contributed by atoms with E-state index in [0.29, 0.717) is 22.7 Å². The lowest BCUT2D eigenvalue weighted by Gasteiger charge is -2.12. The summed E-state index contributed by atoms with van der Waals surface area (Å²) >= 11 is 0.760. The summed E-state index contributed by atoms with van der Waals surface area (Å²) in [5.74, 6) is -0.232. The first-order chi connectivity index (χ1) is 14.5. The van der Waals surface area contributed by atoms with E-state index in [0.717, 1.165) is 16.7 Å². The topological polar surface area (TPSA) is 109 Å². The van der Waals surface area contributed by atoms with Gasteiger partial charge in [-0.05, 0) is 47.7 Å². The van der Waals surface area contributed by atoms with E-state index in [2.05, 4.69) is 5.32 Å². The fraction of sp³-hybridized carbons (Fsp3) is 0.143. The van der Waals surface area contributed by atoms with Crippen LogP contribution in [0.15, 0.2) is 53.4 Å². The molecule has 0 spiro atoms. The van der Waals surface area contributed by atoms with E-state index in [9.17, 15) is 14.4 Å². The van der Waals surface area contributed by atoms with E-state index in [1.165, 1.54) is 13.2 Å². The van der Waals surface area contributed by atoms with E-state index >= 15 is 0 Å². The molecule has 1 fully saturated rings. The van der Waals surface area contributed by atoms with E-state index in [1.54, 1.807) is 42.5 Å². The fourth-order valence-corrected chi connectivity index (χ4v) is 3.49. The van der Waals surface area contributed by atoms with Crippen molar-refractivity contribution in [1.82, 2.24) is 4.90 Å². The minimum Gasteiger partial charge on any atom is -0.493 e. The molecule has 0 radical (unpaired) electrons. The number of thioether (sulfide) groups is 1. The smallest absolute Gasteiger partial charge is 0.294 e. The number of nitrogens with one attached hydrogen (secondary N) is 1.